The summed E-state index contributed by atoms with van der Waals surface area (Å²) in [7, 11) is 0. The van der Waals surface area contributed by atoms with Crippen LogP contribution in [0.1, 0.15) is 31.7 Å². The van der Waals surface area contributed by atoms with Crippen molar-refractivity contribution < 1.29 is 24.9 Å². The Morgan fingerprint density at radius 1 is 1.00 bits per heavy atom. The van der Waals surface area contributed by atoms with Crippen LogP contribution >= 0.6 is 0 Å². The third-order valence-corrected chi connectivity index (χ3v) is 4.98. The molecule has 0 saturated heterocycles. The van der Waals surface area contributed by atoms with Crippen LogP contribution in [0.25, 0.3) is 11.1 Å². The second kappa shape index (κ2) is 11.3. The van der Waals surface area contributed by atoms with E-state index in [9.17, 15) is 19.8 Å². The molecule has 0 fully saturated rings. The van der Waals surface area contributed by atoms with Crippen molar-refractivity contribution in [3.8, 4) is 11.1 Å². The normalized spacial score (nSPS) is 14.0. The molecule has 0 aromatic heterocycles. The van der Waals surface area contributed by atoms with Crippen molar-refractivity contribution in [1.82, 2.24) is 5.32 Å². The average molecular weight is 399 g/mol. The van der Waals surface area contributed by atoms with E-state index in [1.54, 1.807) is 0 Å². The van der Waals surface area contributed by atoms with Crippen LogP contribution in [0.2, 0.25) is 0 Å². The van der Waals surface area contributed by atoms with Crippen LogP contribution in [0, 0.1) is 5.92 Å². The highest BCUT2D eigenvalue weighted by Crippen LogP contribution is 2.21. The van der Waals surface area contributed by atoms with E-state index in [2.05, 4.69) is 29.6 Å². The smallest absolute Gasteiger partial charge is 0.304 e. The predicted octanol–water partition coefficient (Wildman–Crippen LogP) is 2.63. The number of hydrogen-bond donors (Lipinski definition) is 4. The topological polar surface area (TPSA) is 107 Å². The Morgan fingerprint density at radius 2 is 1.62 bits per heavy atom. The molecule has 0 heterocycles. The number of carbonyl (C=O) groups excluding carboxylic acids is 1. The fourth-order valence-electron chi connectivity index (χ4n) is 3.20. The Morgan fingerprint density at radius 3 is 2.17 bits per heavy atom. The van der Waals surface area contributed by atoms with Crippen molar-refractivity contribution >= 4 is 11.9 Å². The van der Waals surface area contributed by atoms with Gasteiger partial charge < -0.3 is 20.6 Å². The highest BCUT2D eigenvalue weighted by Gasteiger charge is 2.25. The summed E-state index contributed by atoms with van der Waals surface area (Å²) in [6.07, 6.45) is 0.609. The lowest BCUT2D eigenvalue weighted by Gasteiger charge is -2.22. The highest BCUT2D eigenvalue weighted by atomic mass is 16.4. The summed E-state index contributed by atoms with van der Waals surface area (Å²) in [5, 5.41) is 30.5. The van der Waals surface area contributed by atoms with Crippen LogP contribution < -0.4 is 5.32 Å². The average Bonchev–Trinajstić information content (AvgIpc) is 2.71. The van der Waals surface area contributed by atoms with Crippen molar-refractivity contribution in [2.75, 3.05) is 6.61 Å². The van der Waals surface area contributed by atoms with Gasteiger partial charge >= 0.3 is 5.97 Å². The summed E-state index contributed by atoms with van der Waals surface area (Å²) in [6, 6.07) is 17.5. The first-order valence-electron chi connectivity index (χ1n) is 9.86. The minimum atomic E-state index is -1.05. The summed E-state index contributed by atoms with van der Waals surface area (Å²) in [5.74, 6) is -2.20. The summed E-state index contributed by atoms with van der Waals surface area (Å²) in [6.45, 7) is 1.06. The highest BCUT2D eigenvalue weighted by molar-refractivity contribution is 5.83. The Kier molecular flexibility index (Phi) is 8.83. The van der Waals surface area contributed by atoms with E-state index in [4.69, 9.17) is 5.11 Å². The maximum absolute atomic E-state index is 12.4. The summed E-state index contributed by atoms with van der Waals surface area (Å²) < 4.78 is 0. The molecule has 1 amide bonds. The monoisotopic (exact) mass is 399 g/mol. The fraction of sp³-hybridized carbons (Fsp3) is 0.391. The van der Waals surface area contributed by atoms with Crippen molar-refractivity contribution in [2.45, 2.75) is 44.8 Å². The van der Waals surface area contributed by atoms with Crippen molar-refractivity contribution in [3.63, 3.8) is 0 Å². The van der Waals surface area contributed by atoms with Gasteiger partial charge in [-0.1, -0.05) is 54.6 Å². The number of nitrogens with one attached hydrogen (secondary N) is 1. The van der Waals surface area contributed by atoms with Crippen LogP contribution in [0.3, 0.4) is 0 Å². The molecule has 0 aliphatic heterocycles. The number of amides is 1. The van der Waals surface area contributed by atoms with Crippen molar-refractivity contribution in [3.05, 3.63) is 60.2 Å². The van der Waals surface area contributed by atoms with Gasteiger partial charge in [-0.05, 0) is 42.9 Å². The number of benzene rings is 2. The molecule has 0 saturated carbocycles. The Bertz CT molecular complexity index is 774. The number of aliphatic hydroxyl groups is 2. The minimum absolute atomic E-state index is 0.281. The maximum Gasteiger partial charge on any atom is 0.304 e. The van der Waals surface area contributed by atoms with Crippen LogP contribution in [-0.2, 0) is 16.0 Å². The molecule has 29 heavy (non-hydrogen) atoms. The van der Waals surface area contributed by atoms with Gasteiger partial charge in [0, 0.05) is 5.92 Å². The number of aryl methyl sites for hydroxylation is 1. The first kappa shape index (κ1) is 22.6. The molecule has 6 nitrogen and oxygen atoms in total. The molecule has 2 aromatic carbocycles. The van der Waals surface area contributed by atoms with Crippen molar-refractivity contribution in [2.24, 2.45) is 5.92 Å². The van der Waals surface area contributed by atoms with E-state index in [0.717, 1.165) is 23.1 Å². The second-order valence-corrected chi connectivity index (χ2v) is 7.29. The molecule has 0 bridgehead atoms. The molecular formula is C23H29NO5. The van der Waals surface area contributed by atoms with Gasteiger partial charge in [-0.25, -0.2) is 0 Å². The van der Waals surface area contributed by atoms with Crippen LogP contribution in [0.4, 0.5) is 0 Å². The molecule has 4 N–H and O–H groups in total. The number of aliphatic hydroxyl groups excluding tert-OH is 2. The molecule has 0 aliphatic carbocycles. The standard InChI is InChI=1S/C23H29NO5/c1-16(26)21(15-25)24-23(29)20(14-22(27)28)9-5-6-17-10-12-19(13-11-17)18-7-3-2-4-8-18/h2-4,7-8,10-13,16,20-21,25-26H,5-6,9,14-15H2,1H3,(H,24,29)(H,27,28). The number of carbonyl (C=O) groups is 2. The Hall–Kier alpha value is -2.70. The van der Waals surface area contributed by atoms with Gasteiger partial charge in [0.25, 0.3) is 0 Å². The SMILES string of the molecule is CC(O)C(CO)NC(=O)C(CCCc1ccc(-c2ccccc2)cc1)CC(=O)O. The second-order valence-electron chi connectivity index (χ2n) is 7.29. The fourth-order valence-corrected chi connectivity index (χ4v) is 3.20. The van der Waals surface area contributed by atoms with Gasteiger partial charge in [-0.3, -0.25) is 9.59 Å². The molecule has 0 radical (unpaired) electrons. The predicted molar refractivity (Wildman–Crippen MR) is 111 cm³/mol. The molecule has 6 heteroatoms. The molecular weight excluding hydrogens is 370 g/mol. The van der Waals surface area contributed by atoms with E-state index < -0.39 is 36.5 Å². The first-order valence-corrected chi connectivity index (χ1v) is 9.86. The first-order chi connectivity index (χ1) is 13.9. The molecule has 0 aliphatic rings. The number of hydrogen-bond acceptors (Lipinski definition) is 4. The van der Waals surface area contributed by atoms with Gasteiger partial charge in [0.2, 0.25) is 5.91 Å². The molecule has 156 valence electrons. The molecule has 2 rings (SSSR count). The van der Waals surface area contributed by atoms with E-state index in [0.29, 0.717) is 12.8 Å². The van der Waals surface area contributed by atoms with Gasteiger partial charge in [-0.2, -0.15) is 0 Å². The summed E-state index contributed by atoms with van der Waals surface area (Å²) >= 11 is 0. The van der Waals surface area contributed by atoms with Crippen LogP contribution in [0.15, 0.2) is 54.6 Å². The third-order valence-electron chi connectivity index (χ3n) is 4.98. The van der Waals surface area contributed by atoms with E-state index in [1.807, 2.05) is 30.3 Å². The van der Waals surface area contributed by atoms with Crippen molar-refractivity contribution in [1.29, 1.82) is 0 Å². The maximum atomic E-state index is 12.4. The number of rotatable bonds is 11. The number of carboxylic acid groups (broad SMARTS) is 1. The molecule has 0 spiro atoms. The van der Waals surface area contributed by atoms with E-state index >= 15 is 0 Å². The largest absolute Gasteiger partial charge is 0.481 e. The minimum Gasteiger partial charge on any atom is -0.481 e. The Balaban J connectivity index is 1.92. The van der Waals surface area contributed by atoms with Crippen LogP contribution in [-0.4, -0.2) is 45.9 Å². The van der Waals surface area contributed by atoms with Gasteiger partial charge in [0.15, 0.2) is 0 Å². The molecule has 2 aromatic rings. The quantitative estimate of drug-likeness (QED) is 0.465. The lowest BCUT2D eigenvalue weighted by Crippen LogP contribution is -2.47. The number of carboxylic acids is 1. The molecule has 3 unspecified atom stereocenters. The zero-order valence-electron chi connectivity index (χ0n) is 16.6. The summed E-state index contributed by atoms with van der Waals surface area (Å²) in [4.78, 5) is 23.5. The number of aliphatic carboxylic acids is 1. The summed E-state index contributed by atoms with van der Waals surface area (Å²) in [5.41, 5.74) is 3.40. The lowest BCUT2D eigenvalue weighted by molar-refractivity contribution is -0.141. The zero-order valence-corrected chi connectivity index (χ0v) is 16.6. The molecule has 3 atom stereocenters. The van der Waals surface area contributed by atoms with Gasteiger partial charge in [0.1, 0.15) is 0 Å². The van der Waals surface area contributed by atoms with Gasteiger partial charge in [0.05, 0.1) is 25.2 Å². The van der Waals surface area contributed by atoms with E-state index in [-0.39, 0.29) is 6.42 Å². The Labute approximate surface area is 171 Å². The third kappa shape index (κ3) is 7.33. The van der Waals surface area contributed by atoms with Crippen LogP contribution in [0.5, 0.6) is 0 Å². The zero-order chi connectivity index (χ0) is 21.2. The van der Waals surface area contributed by atoms with E-state index in [1.165, 1.54) is 6.92 Å². The lowest BCUT2D eigenvalue weighted by atomic mass is 9.94. The van der Waals surface area contributed by atoms with Gasteiger partial charge in [-0.15, -0.1) is 0 Å².